The molecule has 3 N–H and O–H groups in total. The third-order valence-corrected chi connectivity index (χ3v) is 3.29. The molecule has 6 heteroatoms. The van der Waals surface area contributed by atoms with Crippen molar-refractivity contribution in [2.75, 3.05) is 6.61 Å². The second kappa shape index (κ2) is 7.81. The molecule has 0 aliphatic rings. The number of nitrogens with one attached hydrogen (secondary N) is 1. The van der Waals surface area contributed by atoms with Gasteiger partial charge in [0.2, 0.25) is 5.91 Å². The van der Waals surface area contributed by atoms with Crippen LogP contribution in [0, 0.1) is 6.92 Å². The Labute approximate surface area is 125 Å². The maximum absolute atomic E-state index is 11.6. The van der Waals surface area contributed by atoms with E-state index >= 15 is 0 Å². The van der Waals surface area contributed by atoms with Crippen LogP contribution in [0.15, 0.2) is 28.7 Å². The predicted octanol–water partition coefficient (Wildman–Crippen LogP) is 1.72. The topological polar surface area (TPSA) is 86.6 Å². The average Bonchev–Trinajstić information content (AvgIpc) is 2.37. The van der Waals surface area contributed by atoms with Crippen LogP contribution in [0.25, 0.3) is 6.08 Å². The molecule has 108 valence electrons. The van der Waals surface area contributed by atoms with E-state index in [0.717, 1.165) is 15.6 Å². The second-order valence-corrected chi connectivity index (χ2v) is 5.12. The molecule has 1 rings (SSSR count). The molecule has 0 aliphatic carbocycles. The van der Waals surface area contributed by atoms with Crippen molar-refractivity contribution in [1.82, 2.24) is 5.32 Å². The third-order valence-electron chi connectivity index (χ3n) is 2.60. The van der Waals surface area contributed by atoms with Gasteiger partial charge >= 0.3 is 5.97 Å². The van der Waals surface area contributed by atoms with Crippen LogP contribution < -0.4 is 5.32 Å². The maximum Gasteiger partial charge on any atom is 0.326 e. The number of carboxylic acids is 1. The SMILES string of the molecule is Cc1ccc(/C=C/C(=O)NC(CCO)C(=O)O)c(Br)c1. The average molecular weight is 342 g/mol. The van der Waals surface area contributed by atoms with Gasteiger partial charge in [-0.15, -0.1) is 0 Å². The van der Waals surface area contributed by atoms with Gasteiger partial charge in [0, 0.05) is 23.6 Å². The number of aliphatic hydroxyl groups is 1. The van der Waals surface area contributed by atoms with Crippen molar-refractivity contribution < 1.29 is 19.8 Å². The quantitative estimate of drug-likeness (QED) is 0.687. The Balaban J connectivity index is 2.69. The number of benzene rings is 1. The minimum Gasteiger partial charge on any atom is -0.480 e. The zero-order valence-corrected chi connectivity index (χ0v) is 12.6. The van der Waals surface area contributed by atoms with Gasteiger partial charge < -0.3 is 15.5 Å². The summed E-state index contributed by atoms with van der Waals surface area (Å²) in [4.78, 5) is 22.5. The maximum atomic E-state index is 11.6. The number of aliphatic hydroxyl groups excluding tert-OH is 1. The van der Waals surface area contributed by atoms with Gasteiger partial charge in [-0.05, 0) is 30.2 Å². The molecule has 1 amide bonds. The van der Waals surface area contributed by atoms with E-state index in [9.17, 15) is 9.59 Å². The molecule has 1 unspecified atom stereocenters. The monoisotopic (exact) mass is 341 g/mol. The highest BCUT2D eigenvalue weighted by Crippen LogP contribution is 2.19. The molecule has 1 aromatic rings. The van der Waals surface area contributed by atoms with Gasteiger partial charge in [-0.25, -0.2) is 4.79 Å². The first-order chi connectivity index (χ1) is 9.43. The Morgan fingerprint density at radius 2 is 2.15 bits per heavy atom. The highest BCUT2D eigenvalue weighted by Gasteiger charge is 2.17. The number of carboxylic acid groups (broad SMARTS) is 1. The molecule has 0 aliphatic heterocycles. The Bertz CT molecular complexity index is 528. The molecule has 0 heterocycles. The molecule has 1 aromatic carbocycles. The molecule has 0 radical (unpaired) electrons. The van der Waals surface area contributed by atoms with Crippen molar-refractivity contribution in [1.29, 1.82) is 0 Å². The van der Waals surface area contributed by atoms with Crippen LogP contribution in [0.5, 0.6) is 0 Å². The molecule has 20 heavy (non-hydrogen) atoms. The van der Waals surface area contributed by atoms with Crippen molar-refractivity contribution in [3.05, 3.63) is 39.9 Å². The highest BCUT2D eigenvalue weighted by atomic mass is 79.9. The van der Waals surface area contributed by atoms with E-state index in [1.807, 2.05) is 25.1 Å². The fourth-order valence-electron chi connectivity index (χ4n) is 1.54. The molecule has 0 spiro atoms. The van der Waals surface area contributed by atoms with Crippen molar-refractivity contribution in [3.8, 4) is 0 Å². The van der Waals surface area contributed by atoms with Crippen LogP contribution >= 0.6 is 15.9 Å². The van der Waals surface area contributed by atoms with E-state index in [1.54, 1.807) is 6.08 Å². The van der Waals surface area contributed by atoms with Crippen molar-refractivity contribution in [2.45, 2.75) is 19.4 Å². The van der Waals surface area contributed by atoms with Crippen LogP contribution in [0.1, 0.15) is 17.5 Å². The first kappa shape index (κ1) is 16.4. The molecule has 5 nitrogen and oxygen atoms in total. The Morgan fingerprint density at radius 1 is 1.45 bits per heavy atom. The number of carbonyl (C=O) groups excluding carboxylic acids is 1. The Morgan fingerprint density at radius 3 is 2.70 bits per heavy atom. The largest absolute Gasteiger partial charge is 0.480 e. The van der Waals surface area contributed by atoms with Crippen LogP contribution in [0.4, 0.5) is 0 Å². The lowest BCUT2D eigenvalue weighted by atomic mass is 10.1. The van der Waals surface area contributed by atoms with Gasteiger partial charge in [-0.1, -0.05) is 28.1 Å². The number of carbonyl (C=O) groups is 2. The normalized spacial score (nSPS) is 12.3. The van der Waals surface area contributed by atoms with Crippen molar-refractivity contribution >= 4 is 33.9 Å². The van der Waals surface area contributed by atoms with E-state index in [2.05, 4.69) is 21.2 Å². The van der Waals surface area contributed by atoms with E-state index < -0.39 is 17.9 Å². The fraction of sp³-hybridized carbons (Fsp3) is 0.286. The van der Waals surface area contributed by atoms with Gasteiger partial charge in [-0.3, -0.25) is 4.79 Å². The molecule has 0 saturated carbocycles. The number of rotatable bonds is 6. The molecule has 0 bridgehead atoms. The van der Waals surface area contributed by atoms with Crippen LogP contribution in [0.2, 0.25) is 0 Å². The number of halogens is 1. The molecule has 1 atom stereocenters. The first-order valence-corrected chi connectivity index (χ1v) is 6.81. The number of aryl methyl sites for hydroxylation is 1. The molecule has 0 saturated heterocycles. The minimum atomic E-state index is -1.17. The van der Waals surface area contributed by atoms with Crippen LogP contribution in [-0.4, -0.2) is 34.7 Å². The summed E-state index contributed by atoms with van der Waals surface area (Å²) in [7, 11) is 0. The lowest BCUT2D eigenvalue weighted by molar-refractivity contribution is -0.141. The van der Waals surface area contributed by atoms with E-state index in [1.165, 1.54) is 6.08 Å². The van der Waals surface area contributed by atoms with Crippen molar-refractivity contribution in [2.24, 2.45) is 0 Å². The summed E-state index contributed by atoms with van der Waals surface area (Å²) in [6.45, 7) is 1.65. The van der Waals surface area contributed by atoms with Gasteiger partial charge in [0.15, 0.2) is 0 Å². The van der Waals surface area contributed by atoms with E-state index in [-0.39, 0.29) is 13.0 Å². The first-order valence-electron chi connectivity index (χ1n) is 6.02. The van der Waals surface area contributed by atoms with Gasteiger partial charge in [0.25, 0.3) is 0 Å². The number of amides is 1. The summed E-state index contributed by atoms with van der Waals surface area (Å²) in [5.41, 5.74) is 1.91. The lowest BCUT2D eigenvalue weighted by Crippen LogP contribution is -2.40. The Hall–Kier alpha value is -1.66. The van der Waals surface area contributed by atoms with E-state index in [0.29, 0.717) is 0 Å². The van der Waals surface area contributed by atoms with Gasteiger partial charge in [0.05, 0.1) is 0 Å². The van der Waals surface area contributed by atoms with E-state index in [4.69, 9.17) is 10.2 Å². The van der Waals surface area contributed by atoms with Gasteiger partial charge in [-0.2, -0.15) is 0 Å². The number of hydrogen-bond donors (Lipinski definition) is 3. The van der Waals surface area contributed by atoms with Crippen LogP contribution in [-0.2, 0) is 9.59 Å². The second-order valence-electron chi connectivity index (χ2n) is 4.27. The highest BCUT2D eigenvalue weighted by molar-refractivity contribution is 9.10. The fourth-order valence-corrected chi connectivity index (χ4v) is 2.16. The standard InChI is InChI=1S/C14H16BrNO4/c1-9-2-3-10(11(15)8-9)4-5-13(18)16-12(6-7-17)14(19)20/h2-5,8,12,17H,6-7H2,1H3,(H,16,18)(H,19,20)/b5-4+. The molecular weight excluding hydrogens is 326 g/mol. The van der Waals surface area contributed by atoms with Gasteiger partial charge in [0.1, 0.15) is 6.04 Å². The Kier molecular flexibility index (Phi) is 6.41. The van der Waals surface area contributed by atoms with Crippen molar-refractivity contribution in [3.63, 3.8) is 0 Å². The van der Waals surface area contributed by atoms with Crippen LogP contribution in [0.3, 0.4) is 0 Å². The summed E-state index contributed by atoms with van der Waals surface area (Å²) < 4.78 is 0.853. The third kappa shape index (κ3) is 5.14. The smallest absolute Gasteiger partial charge is 0.326 e. The summed E-state index contributed by atoms with van der Waals surface area (Å²) in [5.74, 6) is -1.68. The molecule has 0 aromatic heterocycles. The summed E-state index contributed by atoms with van der Waals surface area (Å²) in [6.07, 6.45) is 2.84. The zero-order chi connectivity index (χ0) is 15.1. The lowest BCUT2D eigenvalue weighted by Gasteiger charge is -2.11. The minimum absolute atomic E-state index is 0.0247. The summed E-state index contributed by atoms with van der Waals surface area (Å²) in [5, 5.41) is 19.9. The zero-order valence-electron chi connectivity index (χ0n) is 11.0. The number of hydrogen-bond acceptors (Lipinski definition) is 3. The molecular formula is C14H16BrNO4. The predicted molar refractivity (Wildman–Crippen MR) is 79.2 cm³/mol. The number of aliphatic carboxylic acids is 1. The summed E-state index contributed by atoms with van der Waals surface area (Å²) in [6, 6.07) is 4.60. The molecule has 0 fully saturated rings. The summed E-state index contributed by atoms with van der Waals surface area (Å²) >= 11 is 3.39.